The van der Waals surface area contributed by atoms with Crippen molar-refractivity contribution in [3.63, 3.8) is 0 Å². The zero-order valence-corrected chi connectivity index (χ0v) is 21.0. The van der Waals surface area contributed by atoms with Crippen molar-refractivity contribution in [2.75, 3.05) is 13.2 Å². The first-order valence-corrected chi connectivity index (χ1v) is 12.3. The third-order valence-corrected chi connectivity index (χ3v) is 6.16. The Kier molecular flexibility index (Phi) is 12.0. The molecule has 0 amide bonds. The van der Waals surface area contributed by atoms with Crippen molar-refractivity contribution in [3.05, 3.63) is 56.0 Å². The van der Waals surface area contributed by atoms with Crippen molar-refractivity contribution < 1.29 is 9.47 Å². The maximum atomic E-state index is 6.26. The number of hydrogen-bond acceptors (Lipinski definition) is 3. The fourth-order valence-electron chi connectivity index (χ4n) is 3.14. The Balaban J connectivity index is 1.92. The first-order valence-electron chi connectivity index (χ1n) is 10.8. The normalized spacial score (nSPS) is 11.0. The van der Waals surface area contributed by atoms with E-state index >= 15 is 0 Å². The molecule has 0 unspecified atom stereocenters. The largest absolute Gasteiger partial charge is 0.490 e. The van der Waals surface area contributed by atoms with Gasteiger partial charge in [0.1, 0.15) is 6.61 Å². The van der Waals surface area contributed by atoms with Gasteiger partial charge in [-0.1, -0.05) is 84.2 Å². The summed E-state index contributed by atoms with van der Waals surface area (Å²) in [7, 11) is 0. The van der Waals surface area contributed by atoms with Gasteiger partial charge in [-0.2, -0.15) is 0 Å². The van der Waals surface area contributed by atoms with E-state index in [1.807, 2.05) is 31.2 Å². The number of ether oxygens (including phenoxy) is 2. The maximum Gasteiger partial charge on any atom is 0.162 e. The highest BCUT2D eigenvalue weighted by Gasteiger charge is 2.12. The van der Waals surface area contributed by atoms with Crippen LogP contribution in [-0.2, 0) is 13.2 Å². The molecule has 0 saturated carbocycles. The van der Waals surface area contributed by atoms with Crippen LogP contribution in [0.25, 0.3) is 0 Å². The molecule has 0 aromatic heterocycles. The number of nitrogens with one attached hydrogen (secondary N) is 1. The smallest absolute Gasteiger partial charge is 0.162 e. The van der Waals surface area contributed by atoms with Gasteiger partial charge in [0, 0.05) is 26.6 Å². The van der Waals surface area contributed by atoms with Gasteiger partial charge in [-0.15, -0.1) is 0 Å². The van der Waals surface area contributed by atoms with Crippen molar-refractivity contribution in [2.45, 2.75) is 65.5 Å². The van der Waals surface area contributed by atoms with Crippen LogP contribution in [0.2, 0.25) is 10.0 Å². The second kappa shape index (κ2) is 14.2. The van der Waals surface area contributed by atoms with Crippen molar-refractivity contribution in [1.29, 1.82) is 0 Å². The Labute approximate surface area is 199 Å². The SMILES string of the molecule is CCCCCCCCNCc1cc(OCC)c(OCc2ccc(Cl)cc2Cl)cc1Br. The van der Waals surface area contributed by atoms with Crippen LogP contribution in [0, 0.1) is 0 Å². The molecule has 0 aliphatic heterocycles. The average molecular weight is 517 g/mol. The van der Waals surface area contributed by atoms with Crippen LogP contribution in [0.3, 0.4) is 0 Å². The van der Waals surface area contributed by atoms with E-state index in [9.17, 15) is 0 Å². The predicted octanol–water partition coefficient (Wildman–Crippen LogP) is 8.18. The van der Waals surface area contributed by atoms with Crippen LogP contribution in [0.15, 0.2) is 34.8 Å². The van der Waals surface area contributed by atoms with E-state index in [1.54, 1.807) is 6.07 Å². The molecule has 0 bridgehead atoms. The molecule has 0 saturated heterocycles. The molecule has 0 heterocycles. The summed E-state index contributed by atoms with van der Waals surface area (Å²) in [5.41, 5.74) is 2.03. The predicted molar refractivity (Wildman–Crippen MR) is 131 cm³/mol. The second-order valence-corrected chi connectivity index (χ2v) is 8.99. The lowest BCUT2D eigenvalue weighted by molar-refractivity contribution is 0.269. The number of hydrogen-bond donors (Lipinski definition) is 1. The molecular weight excluding hydrogens is 485 g/mol. The molecule has 1 N–H and O–H groups in total. The van der Waals surface area contributed by atoms with E-state index in [-0.39, 0.29) is 0 Å². The molecule has 6 heteroatoms. The lowest BCUT2D eigenvalue weighted by Gasteiger charge is -2.16. The van der Waals surface area contributed by atoms with E-state index in [0.29, 0.717) is 29.0 Å². The van der Waals surface area contributed by atoms with Gasteiger partial charge in [-0.05, 0) is 49.7 Å². The summed E-state index contributed by atoms with van der Waals surface area (Å²) in [6, 6.07) is 9.42. The van der Waals surface area contributed by atoms with E-state index in [2.05, 4.69) is 28.2 Å². The quantitative estimate of drug-likeness (QED) is 0.257. The van der Waals surface area contributed by atoms with Crippen molar-refractivity contribution in [1.82, 2.24) is 5.32 Å². The molecule has 30 heavy (non-hydrogen) atoms. The maximum absolute atomic E-state index is 6.26. The highest BCUT2D eigenvalue weighted by atomic mass is 79.9. The van der Waals surface area contributed by atoms with Gasteiger partial charge >= 0.3 is 0 Å². The molecule has 0 aliphatic carbocycles. The van der Waals surface area contributed by atoms with E-state index in [0.717, 1.165) is 34.4 Å². The second-order valence-electron chi connectivity index (χ2n) is 7.29. The third kappa shape index (κ3) is 8.66. The summed E-state index contributed by atoms with van der Waals surface area (Å²) in [5, 5.41) is 4.74. The van der Waals surface area contributed by atoms with Gasteiger partial charge in [0.2, 0.25) is 0 Å². The topological polar surface area (TPSA) is 30.5 Å². The van der Waals surface area contributed by atoms with E-state index in [1.165, 1.54) is 38.5 Å². The van der Waals surface area contributed by atoms with Gasteiger partial charge in [0.25, 0.3) is 0 Å². The Morgan fingerprint density at radius 1 is 0.867 bits per heavy atom. The van der Waals surface area contributed by atoms with Crippen molar-refractivity contribution >= 4 is 39.1 Å². The molecule has 0 atom stereocenters. The van der Waals surface area contributed by atoms with Crippen LogP contribution in [-0.4, -0.2) is 13.2 Å². The monoisotopic (exact) mass is 515 g/mol. The minimum absolute atomic E-state index is 0.345. The molecule has 166 valence electrons. The lowest BCUT2D eigenvalue weighted by Crippen LogP contribution is -2.15. The fourth-order valence-corrected chi connectivity index (χ4v) is 4.07. The Bertz CT molecular complexity index is 786. The summed E-state index contributed by atoms with van der Waals surface area (Å²) in [5.74, 6) is 1.43. The van der Waals surface area contributed by atoms with Crippen LogP contribution in [0.4, 0.5) is 0 Å². The molecule has 0 spiro atoms. The first kappa shape index (κ1) is 25.3. The van der Waals surface area contributed by atoms with Gasteiger partial charge < -0.3 is 14.8 Å². The van der Waals surface area contributed by atoms with Gasteiger partial charge in [-0.25, -0.2) is 0 Å². The average Bonchev–Trinajstić information content (AvgIpc) is 2.72. The number of rotatable bonds is 14. The highest BCUT2D eigenvalue weighted by Crippen LogP contribution is 2.35. The summed E-state index contributed by atoms with van der Waals surface area (Å²) in [6.07, 6.45) is 7.82. The minimum Gasteiger partial charge on any atom is -0.490 e. The third-order valence-electron chi connectivity index (χ3n) is 4.83. The highest BCUT2D eigenvalue weighted by molar-refractivity contribution is 9.10. The molecular formula is C24H32BrCl2NO2. The number of unbranched alkanes of at least 4 members (excludes halogenated alkanes) is 5. The zero-order valence-electron chi connectivity index (χ0n) is 17.9. The van der Waals surface area contributed by atoms with Crippen LogP contribution < -0.4 is 14.8 Å². The summed E-state index contributed by atoms with van der Waals surface area (Å²) in [4.78, 5) is 0. The van der Waals surface area contributed by atoms with Crippen LogP contribution in [0.5, 0.6) is 11.5 Å². The van der Waals surface area contributed by atoms with Gasteiger partial charge in [0.05, 0.1) is 6.61 Å². The first-order chi connectivity index (χ1) is 14.5. The molecule has 2 aromatic carbocycles. The van der Waals surface area contributed by atoms with E-state index < -0.39 is 0 Å². The van der Waals surface area contributed by atoms with Crippen LogP contribution >= 0.6 is 39.1 Å². The number of halogens is 3. The number of benzene rings is 2. The van der Waals surface area contributed by atoms with Gasteiger partial charge in [0.15, 0.2) is 11.5 Å². The van der Waals surface area contributed by atoms with Crippen molar-refractivity contribution in [2.24, 2.45) is 0 Å². The minimum atomic E-state index is 0.345. The van der Waals surface area contributed by atoms with Gasteiger partial charge in [-0.3, -0.25) is 0 Å². The zero-order chi connectivity index (χ0) is 21.8. The summed E-state index contributed by atoms with van der Waals surface area (Å²) in [6.45, 7) is 6.95. The standard InChI is InChI=1S/C24H32BrCl2NO2/c1-3-5-6-7-8-9-12-28-16-19-13-23(29-4-2)24(15-21(19)25)30-17-18-10-11-20(26)14-22(18)27/h10-11,13-15,28H,3-9,12,16-17H2,1-2H3. The van der Waals surface area contributed by atoms with Crippen LogP contribution in [0.1, 0.15) is 63.5 Å². The Morgan fingerprint density at radius 2 is 1.60 bits per heavy atom. The molecule has 2 rings (SSSR count). The van der Waals surface area contributed by atoms with E-state index in [4.69, 9.17) is 32.7 Å². The Morgan fingerprint density at radius 3 is 2.33 bits per heavy atom. The molecule has 0 fully saturated rings. The Hall–Kier alpha value is -0.940. The lowest BCUT2D eigenvalue weighted by atomic mass is 10.1. The summed E-state index contributed by atoms with van der Waals surface area (Å²) >= 11 is 15.9. The van der Waals surface area contributed by atoms with Crippen molar-refractivity contribution in [3.8, 4) is 11.5 Å². The molecule has 2 aromatic rings. The molecule has 3 nitrogen and oxygen atoms in total. The summed E-state index contributed by atoms with van der Waals surface area (Å²) < 4.78 is 12.8. The fraction of sp³-hybridized carbons (Fsp3) is 0.500. The molecule has 0 aliphatic rings. The molecule has 0 radical (unpaired) electrons.